The van der Waals surface area contributed by atoms with Gasteiger partial charge in [0.2, 0.25) is 6.79 Å². The minimum atomic E-state index is -0.260. The Morgan fingerprint density at radius 1 is 1.14 bits per heavy atom. The number of hydrogen-bond acceptors (Lipinski definition) is 5. The minimum absolute atomic E-state index is 0.223. The smallest absolute Gasteiger partial charge is 0.272 e. The molecule has 0 unspecified atom stereocenters. The van der Waals surface area contributed by atoms with E-state index in [1.807, 2.05) is 42.5 Å². The van der Waals surface area contributed by atoms with E-state index in [-0.39, 0.29) is 12.7 Å². The first-order valence-electron chi connectivity index (χ1n) is 9.00. The van der Waals surface area contributed by atoms with Crippen molar-refractivity contribution in [3.63, 3.8) is 0 Å². The quantitative estimate of drug-likeness (QED) is 0.485. The number of amides is 1. The van der Waals surface area contributed by atoms with E-state index >= 15 is 0 Å². The van der Waals surface area contributed by atoms with Gasteiger partial charge in [0.15, 0.2) is 11.5 Å². The van der Waals surface area contributed by atoms with E-state index in [0.717, 1.165) is 39.5 Å². The van der Waals surface area contributed by atoms with Crippen LogP contribution in [-0.4, -0.2) is 23.9 Å². The molecular formula is C21H16BrN3O3. The lowest BCUT2D eigenvalue weighted by molar-refractivity contribution is 0.0956. The maximum absolute atomic E-state index is 12.8. The van der Waals surface area contributed by atoms with Crippen molar-refractivity contribution >= 4 is 39.0 Å². The molecular weight excluding hydrogens is 422 g/mol. The number of hydrazone groups is 1. The molecule has 0 radical (unpaired) electrons. The molecule has 0 spiro atoms. The summed E-state index contributed by atoms with van der Waals surface area (Å²) in [5.41, 5.74) is 5.81. The lowest BCUT2D eigenvalue weighted by Crippen LogP contribution is -2.18. The molecule has 5 rings (SSSR count). The monoisotopic (exact) mass is 437 g/mol. The summed E-state index contributed by atoms with van der Waals surface area (Å²) in [5, 5.41) is 4.91. The number of rotatable bonds is 4. The second-order valence-electron chi connectivity index (χ2n) is 6.84. The van der Waals surface area contributed by atoms with Crippen molar-refractivity contribution in [1.82, 2.24) is 10.4 Å². The third-order valence-corrected chi connectivity index (χ3v) is 5.30. The summed E-state index contributed by atoms with van der Waals surface area (Å²) in [6, 6.07) is 13.2. The van der Waals surface area contributed by atoms with Crippen LogP contribution in [0.5, 0.6) is 11.5 Å². The van der Waals surface area contributed by atoms with Gasteiger partial charge in [-0.05, 0) is 60.9 Å². The highest BCUT2D eigenvalue weighted by atomic mass is 79.9. The van der Waals surface area contributed by atoms with Crippen molar-refractivity contribution in [3.8, 4) is 11.5 Å². The van der Waals surface area contributed by atoms with Gasteiger partial charge in [0.05, 0.1) is 17.3 Å². The van der Waals surface area contributed by atoms with Crippen LogP contribution in [0.25, 0.3) is 10.9 Å². The fourth-order valence-corrected chi connectivity index (χ4v) is 3.57. The maximum Gasteiger partial charge on any atom is 0.272 e. The van der Waals surface area contributed by atoms with Gasteiger partial charge in [0.1, 0.15) is 0 Å². The molecule has 1 aromatic heterocycles. The summed E-state index contributed by atoms with van der Waals surface area (Å²) >= 11 is 3.47. The van der Waals surface area contributed by atoms with Gasteiger partial charge in [0.25, 0.3) is 5.91 Å². The Morgan fingerprint density at radius 2 is 2.00 bits per heavy atom. The number of halogens is 1. The zero-order valence-electron chi connectivity index (χ0n) is 14.8. The molecule has 0 atom stereocenters. The molecule has 1 aliphatic heterocycles. The average Bonchev–Trinajstić information content (AvgIpc) is 3.45. The highest BCUT2D eigenvalue weighted by molar-refractivity contribution is 9.10. The summed E-state index contributed by atoms with van der Waals surface area (Å²) in [7, 11) is 0. The van der Waals surface area contributed by atoms with Crippen molar-refractivity contribution in [2.75, 3.05) is 6.79 Å². The minimum Gasteiger partial charge on any atom is -0.454 e. The second-order valence-corrected chi connectivity index (χ2v) is 7.76. The molecule has 3 aromatic rings. The van der Waals surface area contributed by atoms with Gasteiger partial charge < -0.3 is 9.47 Å². The number of nitrogens with one attached hydrogen (secondary N) is 1. The third-order valence-electron chi connectivity index (χ3n) is 4.81. The summed E-state index contributed by atoms with van der Waals surface area (Å²) < 4.78 is 11.5. The number of aromatic nitrogens is 1. The summed E-state index contributed by atoms with van der Waals surface area (Å²) in [6.45, 7) is 0.223. The number of pyridine rings is 1. The van der Waals surface area contributed by atoms with Gasteiger partial charge in [-0.15, -0.1) is 0 Å². The van der Waals surface area contributed by atoms with Crippen LogP contribution in [0, 0.1) is 0 Å². The largest absolute Gasteiger partial charge is 0.454 e. The molecule has 140 valence electrons. The van der Waals surface area contributed by atoms with Gasteiger partial charge in [-0.25, -0.2) is 5.43 Å². The molecule has 1 fully saturated rings. The van der Waals surface area contributed by atoms with Gasteiger partial charge in [-0.3, -0.25) is 9.78 Å². The fraction of sp³-hybridized carbons (Fsp3) is 0.190. The molecule has 6 nitrogen and oxygen atoms in total. The Hall–Kier alpha value is -2.93. The zero-order chi connectivity index (χ0) is 19.1. The predicted octanol–water partition coefficient (Wildman–Crippen LogP) is 4.37. The van der Waals surface area contributed by atoms with Crippen LogP contribution in [-0.2, 0) is 0 Å². The van der Waals surface area contributed by atoms with Crippen molar-refractivity contribution in [2.24, 2.45) is 5.10 Å². The van der Waals surface area contributed by atoms with Gasteiger partial charge in [-0.2, -0.15) is 5.10 Å². The third kappa shape index (κ3) is 3.33. The molecule has 2 aliphatic rings. The van der Waals surface area contributed by atoms with Crippen molar-refractivity contribution < 1.29 is 14.3 Å². The Kier molecular flexibility index (Phi) is 4.24. The topological polar surface area (TPSA) is 72.8 Å². The predicted molar refractivity (Wildman–Crippen MR) is 109 cm³/mol. The van der Waals surface area contributed by atoms with Crippen LogP contribution in [0.4, 0.5) is 0 Å². The van der Waals surface area contributed by atoms with E-state index in [1.54, 1.807) is 6.21 Å². The van der Waals surface area contributed by atoms with Gasteiger partial charge in [0, 0.05) is 21.5 Å². The summed E-state index contributed by atoms with van der Waals surface area (Å²) in [4.78, 5) is 17.5. The van der Waals surface area contributed by atoms with Crippen LogP contribution in [0.2, 0.25) is 0 Å². The van der Waals surface area contributed by atoms with Crippen molar-refractivity contribution in [1.29, 1.82) is 0 Å². The molecule has 0 bridgehead atoms. The zero-order valence-corrected chi connectivity index (χ0v) is 16.4. The number of carbonyl (C=O) groups excluding carboxylic acids is 1. The van der Waals surface area contributed by atoms with Crippen molar-refractivity contribution in [2.45, 2.75) is 18.8 Å². The maximum atomic E-state index is 12.8. The summed E-state index contributed by atoms with van der Waals surface area (Å²) in [6.07, 6.45) is 3.83. The molecule has 0 saturated heterocycles. The number of benzene rings is 2. The lowest BCUT2D eigenvalue weighted by atomic mass is 10.1. The standard InChI is InChI=1S/C21H16BrN3O3/c22-14-4-5-17-15(8-14)16(9-18(24-17)13-2-3-13)21(26)25-23-10-12-1-6-19-20(7-12)28-11-27-19/h1,4-10,13H,2-3,11H2,(H,25,26). The Labute approximate surface area is 169 Å². The van der Waals surface area contributed by atoms with Crippen LogP contribution in [0.15, 0.2) is 52.0 Å². The molecule has 2 aromatic carbocycles. The van der Waals surface area contributed by atoms with E-state index in [0.29, 0.717) is 23.0 Å². The first-order valence-corrected chi connectivity index (χ1v) is 9.80. The first kappa shape index (κ1) is 17.2. The van der Waals surface area contributed by atoms with E-state index in [1.165, 1.54) is 0 Å². The van der Waals surface area contributed by atoms with Crippen molar-refractivity contribution in [3.05, 3.63) is 63.8 Å². The first-order chi connectivity index (χ1) is 13.7. The highest BCUT2D eigenvalue weighted by Gasteiger charge is 2.27. The number of ether oxygens (including phenoxy) is 2. The number of hydrogen-bond donors (Lipinski definition) is 1. The Balaban J connectivity index is 1.41. The number of carbonyl (C=O) groups is 1. The van der Waals surface area contributed by atoms with E-state index < -0.39 is 0 Å². The highest BCUT2D eigenvalue weighted by Crippen LogP contribution is 2.40. The Bertz CT molecular complexity index is 1130. The molecule has 1 aliphatic carbocycles. The molecule has 1 N–H and O–H groups in total. The fourth-order valence-electron chi connectivity index (χ4n) is 3.21. The SMILES string of the molecule is O=C(NN=Cc1ccc2c(c1)OCO2)c1cc(C2CC2)nc2ccc(Br)cc12. The lowest BCUT2D eigenvalue weighted by Gasteiger charge is -2.09. The molecule has 1 amide bonds. The molecule has 28 heavy (non-hydrogen) atoms. The van der Waals surface area contributed by atoms with Gasteiger partial charge >= 0.3 is 0 Å². The van der Waals surface area contributed by atoms with Crippen LogP contribution in [0.3, 0.4) is 0 Å². The van der Waals surface area contributed by atoms with E-state index in [2.05, 4.69) is 26.5 Å². The normalized spacial score (nSPS) is 15.3. The van der Waals surface area contributed by atoms with Crippen LogP contribution < -0.4 is 14.9 Å². The van der Waals surface area contributed by atoms with Crippen LogP contribution >= 0.6 is 15.9 Å². The van der Waals surface area contributed by atoms with E-state index in [4.69, 9.17) is 14.5 Å². The summed E-state index contributed by atoms with van der Waals surface area (Å²) in [5.74, 6) is 1.58. The second kappa shape index (κ2) is 6.91. The van der Waals surface area contributed by atoms with Gasteiger partial charge in [-0.1, -0.05) is 15.9 Å². The number of nitrogens with zero attached hydrogens (tertiary/aromatic N) is 2. The molecule has 2 heterocycles. The molecule has 1 saturated carbocycles. The average molecular weight is 438 g/mol. The number of fused-ring (bicyclic) bond motifs is 2. The molecule has 7 heteroatoms. The Morgan fingerprint density at radius 3 is 2.86 bits per heavy atom. The van der Waals surface area contributed by atoms with E-state index in [9.17, 15) is 4.79 Å². The van der Waals surface area contributed by atoms with Crippen LogP contribution in [0.1, 0.15) is 40.4 Å².